The molecule has 3 N–H and O–H groups in total. The van der Waals surface area contributed by atoms with Gasteiger partial charge >= 0.3 is 0 Å². The number of imidazole rings is 1. The maximum atomic E-state index is 11.8. The first kappa shape index (κ1) is 8.13. The molecular weight excluding hydrogens is 152 g/mol. The lowest BCUT2D eigenvalue weighted by molar-refractivity contribution is -0.711. The second kappa shape index (κ2) is 3.43. The number of aromatic amines is 1. The zero-order valence-corrected chi connectivity index (χ0v) is 5.93. The molecule has 0 aromatic carbocycles. The minimum atomic E-state index is -2.33. The van der Waals surface area contributed by atoms with Crippen LogP contribution in [0.25, 0.3) is 0 Å². The molecule has 0 aliphatic rings. The van der Waals surface area contributed by atoms with Crippen LogP contribution in [-0.2, 0) is 13.1 Å². The normalized spacial score (nSPS) is 10.9. The zero-order valence-electron chi connectivity index (χ0n) is 5.93. The second-order valence-electron chi connectivity index (χ2n) is 2.15. The van der Waals surface area contributed by atoms with Gasteiger partial charge in [-0.05, 0) is 0 Å². The summed E-state index contributed by atoms with van der Waals surface area (Å²) in [5, 5.41) is 0. The summed E-state index contributed by atoms with van der Waals surface area (Å²) in [7, 11) is 0. The maximum absolute atomic E-state index is 11.8. The van der Waals surface area contributed by atoms with Crippen LogP contribution < -0.4 is 10.3 Å². The van der Waals surface area contributed by atoms with Crippen molar-refractivity contribution in [2.75, 3.05) is 0 Å². The third-order valence-electron chi connectivity index (χ3n) is 1.38. The largest absolute Gasteiger partial charge is 0.320 e. The van der Waals surface area contributed by atoms with Gasteiger partial charge in [0.15, 0.2) is 6.54 Å². The van der Waals surface area contributed by atoms with E-state index in [0.29, 0.717) is 5.82 Å². The first-order valence-electron chi connectivity index (χ1n) is 3.28. The lowest BCUT2D eigenvalue weighted by Gasteiger charge is -1.96. The van der Waals surface area contributed by atoms with Gasteiger partial charge < -0.3 is 5.73 Å². The predicted octanol–water partition coefficient (Wildman–Crippen LogP) is 0.0260. The summed E-state index contributed by atoms with van der Waals surface area (Å²) >= 11 is 0. The van der Waals surface area contributed by atoms with E-state index in [9.17, 15) is 8.78 Å². The van der Waals surface area contributed by atoms with Crippen LogP contribution in [0.1, 0.15) is 5.82 Å². The van der Waals surface area contributed by atoms with Crippen LogP contribution >= 0.6 is 0 Å². The Labute approximate surface area is 62.8 Å². The Balaban J connectivity index is 2.68. The van der Waals surface area contributed by atoms with Gasteiger partial charge in [-0.2, -0.15) is 0 Å². The summed E-state index contributed by atoms with van der Waals surface area (Å²) in [5.41, 5.74) is 5.27. The molecule has 0 aliphatic heterocycles. The van der Waals surface area contributed by atoms with Crippen LogP contribution in [0.3, 0.4) is 0 Å². The third kappa shape index (κ3) is 1.98. The minimum Gasteiger partial charge on any atom is -0.320 e. The first-order valence-corrected chi connectivity index (χ1v) is 3.28. The summed E-state index contributed by atoms with van der Waals surface area (Å²) in [6.07, 6.45) is 0.806. The van der Waals surface area contributed by atoms with E-state index in [1.165, 1.54) is 4.57 Å². The highest BCUT2D eigenvalue weighted by Gasteiger charge is 2.13. The van der Waals surface area contributed by atoms with Gasteiger partial charge in [-0.25, -0.2) is 18.3 Å². The van der Waals surface area contributed by atoms with Crippen molar-refractivity contribution in [3.63, 3.8) is 0 Å². The molecule has 0 saturated heterocycles. The van der Waals surface area contributed by atoms with E-state index in [1.54, 1.807) is 12.4 Å². The van der Waals surface area contributed by atoms with Crippen LogP contribution in [0.5, 0.6) is 0 Å². The van der Waals surface area contributed by atoms with Gasteiger partial charge in [0.25, 0.3) is 12.2 Å². The van der Waals surface area contributed by atoms with Crippen molar-refractivity contribution < 1.29 is 13.3 Å². The SMILES string of the molecule is NCc1[nH]cc[n+]1CC(F)F. The Kier molecular flexibility index (Phi) is 2.53. The highest BCUT2D eigenvalue weighted by Crippen LogP contribution is 1.92. The summed E-state index contributed by atoms with van der Waals surface area (Å²) in [6, 6.07) is 0. The molecule has 0 bridgehead atoms. The average Bonchev–Trinajstić information content (AvgIpc) is 2.34. The quantitative estimate of drug-likeness (QED) is 0.605. The Bertz CT molecular complexity index is 221. The second-order valence-corrected chi connectivity index (χ2v) is 2.15. The van der Waals surface area contributed by atoms with Gasteiger partial charge in [-0.15, -0.1) is 0 Å². The zero-order chi connectivity index (χ0) is 8.27. The maximum Gasteiger partial charge on any atom is 0.275 e. The molecule has 0 radical (unpaired) electrons. The van der Waals surface area contributed by atoms with Gasteiger partial charge in [-0.3, -0.25) is 0 Å². The van der Waals surface area contributed by atoms with E-state index in [2.05, 4.69) is 4.98 Å². The Morgan fingerprint density at radius 2 is 2.36 bits per heavy atom. The van der Waals surface area contributed by atoms with Crippen molar-refractivity contribution >= 4 is 0 Å². The fourth-order valence-corrected chi connectivity index (χ4v) is 0.892. The summed E-state index contributed by atoms with van der Waals surface area (Å²) in [4.78, 5) is 2.77. The van der Waals surface area contributed by atoms with E-state index in [-0.39, 0.29) is 13.1 Å². The highest BCUT2D eigenvalue weighted by atomic mass is 19.3. The standard InChI is InChI=1S/C6H9F2N3/c7-5(8)4-11-2-1-10-6(11)3-9/h1-2,5H,3-4,9H2/p+1. The van der Waals surface area contributed by atoms with E-state index in [1.807, 2.05) is 0 Å². The summed E-state index contributed by atoms with van der Waals surface area (Å²) < 4.78 is 25.1. The minimum absolute atomic E-state index is 0.250. The molecule has 0 spiro atoms. The molecule has 0 aliphatic carbocycles. The Morgan fingerprint density at radius 3 is 2.91 bits per heavy atom. The van der Waals surface area contributed by atoms with Gasteiger partial charge in [0.2, 0.25) is 0 Å². The fourth-order valence-electron chi connectivity index (χ4n) is 0.892. The Hall–Kier alpha value is -0.970. The first-order chi connectivity index (χ1) is 5.24. The summed E-state index contributed by atoms with van der Waals surface area (Å²) in [6.45, 7) is -0.0459. The molecule has 1 heterocycles. The van der Waals surface area contributed by atoms with Crippen LogP contribution in [0.2, 0.25) is 0 Å². The topological polar surface area (TPSA) is 45.7 Å². The van der Waals surface area contributed by atoms with Crippen LogP contribution in [0.15, 0.2) is 12.4 Å². The fraction of sp³-hybridized carbons (Fsp3) is 0.500. The molecule has 0 amide bonds. The number of nitrogens with zero attached hydrogens (tertiary/aromatic N) is 1. The van der Waals surface area contributed by atoms with Crippen molar-refractivity contribution in [1.82, 2.24) is 4.98 Å². The van der Waals surface area contributed by atoms with E-state index in [0.717, 1.165) is 0 Å². The van der Waals surface area contributed by atoms with Crippen LogP contribution in [0.4, 0.5) is 8.78 Å². The number of rotatable bonds is 3. The van der Waals surface area contributed by atoms with E-state index in [4.69, 9.17) is 5.73 Å². The predicted molar refractivity (Wildman–Crippen MR) is 34.9 cm³/mol. The lowest BCUT2D eigenvalue weighted by Crippen LogP contribution is -2.40. The van der Waals surface area contributed by atoms with Crippen LogP contribution in [-0.4, -0.2) is 11.4 Å². The Morgan fingerprint density at radius 1 is 1.64 bits per heavy atom. The number of H-pyrrole nitrogens is 1. The molecule has 0 atom stereocenters. The van der Waals surface area contributed by atoms with Gasteiger partial charge in [0, 0.05) is 0 Å². The monoisotopic (exact) mass is 162 g/mol. The molecular formula is C6H10F2N3+. The summed E-state index contributed by atoms with van der Waals surface area (Å²) in [5.74, 6) is 0.616. The number of hydrogen-bond acceptors (Lipinski definition) is 1. The van der Waals surface area contributed by atoms with Crippen molar-refractivity contribution in [3.05, 3.63) is 18.2 Å². The molecule has 1 rings (SSSR count). The number of nitrogens with two attached hydrogens (primary N) is 1. The molecule has 0 saturated carbocycles. The van der Waals surface area contributed by atoms with Crippen molar-refractivity contribution in [3.8, 4) is 0 Å². The third-order valence-corrected chi connectivity index (χ3v) is 1.38. The van der Waals surface area contributed by atoms with E-state index < -0.39 is 6.43 Å². The van der Waals surface area contributed by atoms with Gasteiger partial charge in [0.1, 0.15) is 12.4 Å². The number of halogens is 2. The van der Waals surface area contributed by atoms with Gasteiger partial charge in [-0.1, -0.05) is 0 Å². The number of nitrogens with one attached hydrogen (secondary N) is 1. The number of alkyl halides is 2. The smallest absolute Gasteiger partial charge is 0.275 e. The van der Waals surface area contributed by atoms with E-state index >= 15 is 0 Å². The van der Waals surface area contributed by atoms with Gasteiger partial charge in [0.05, 0.1) is 6.54 Å². The molecule has 0 unspecified atom stereocenters. The number of aromatic nitrogens is 2. The molecule has 0 fully saturated rings. The van der Waals surface area contributed by atoms with Crippen molar-refractivity contribution in [2.45, 2.75) is 19.5 Å². The highest BCUT2D eigenvalue weighted by molar-refractivity contribution is 4.74. The van der Waals surface area contributed by atoms with Crippen molar-refractivity contribution in [1.29, 1.82) is 0 Å². The average molecular weight is 162 g/mol. The lowest BCUT2D eigenvalue weighted by atomic mass is 10.5. The molecule has 62 valence electrons. The number of hydrogen-bond donors (Lipinski definition) is 2. The molecule has 5 heteroatoms. The molecule has 11 heavy (non-hydrogen) atoms. The van der Waals surface area contributed by atoms with Crippen molar-refractivity contribution in [2.24, 2.45) is 5.73 Å². The molecule has 1 aromatic heterocycles. The molecule has 3 nitrogen and oxygen atoms in total. The molecule has 1 aromatic rings. The van der Waals surface area contributed by atoms with Crippen LogP contribution in [0, 0.1) is 0 Å².